The van der Waals surface area contributed by atoms with Crippen molar-refractivity contribution in [2.75, 3.05) is 16.3 Å². The van der Waals surface area contributed by atoms with Crippen molar-refractivity contribution in [3.63, 3.8) is 0 Å². The molecule has 0 spiro atoms. The number of benzene rings is 2. The fourth-order valence-corrected chi connectivity index (χ4v) is 4.43. The Hall–Kier alpha value is -2.69. The number of carbonyl (C=O) groups excluding carboxylic acids is 1. The van der Waals surface area contributed by atoms with E-state index < -0.39 is 10.0 Å². The standard InChI is InChI=1S/C19H15BrN4O3S2/c1-29(26,27)24-14-5-2-11(3-6-14)17-10-28-19(22-17)23-18(25)16-9-12-8-13(20)4-7-15(12)21-16/h2-10,21,24H,1H3,(H,22,23,25). The van der Waals surface area contributed by atoms with Crippen molar-refractivity contribution >= 4 is 64.9 Å². The Kier molecular flexibility index (Phi) is 5.15. The summed E-state index contributed by atoms with van der Waals surface area (Å²) >= 11 is 4.73. The number of fused-ring (bicyclic) bond motifs is 1. The lowest BCUT2D eigenvalue weighted by Crippen LogP contribution is -2.11. The minimum Gasteiger partial charge on any atom is -0.351 e. The number of amides is 1. The summed E-state index contributed by atoms with van der Waals surface area (Å²) in [6, 6.07) is 14.4. The van der Waals surface area contributed by atoms with Crippen molar-refractivity contribution in [2.24, 2.45) is 0 Å². The summed E-state index contributed by atoms with van der Waals surface area (Å²) in [6.07, 6.45) is 1.10. The maximum Gasteiger partial charge on any atom is 0.273 e. The van der Waals surface area contributed by atoms with Gasteiger partial charge in [0.05, 0.1) is 11.9 Å². The Bertz CT molecular complexity index is 1310. The quantitative estimate of drug-likeness (QED) is 0.377. The van der Waals surface area contributed by atoms with Crippen molar-refractivity contribution < 1.29 is 13.2 Å². The smallest absolute Gasteiger partial charge is 0.273 e. The maximum atomic E-state index is 12.5. The molecule has 0 fully saturated rings. The molecule has 0 radical (unpaired) electrons. The highest BCUT2D eigenvalue weighted by atomic mass is 79.9. The molecule has 1 amide bonds. The summed E-state index contributed by atoms with van der Waals surface area (Å²) in [5.74, 6) is -0.272. The van der Waals surface area contributed by atoms with E-state index in [0.29, 0.717) is 22.2 Å². The highest BCUT2D eigenvalue weighted by Gasteiger charge is 2.13. The molecule has 4 aromatic rings. The summed E-state index contributed by atoms with van der Waals surface area (Å²) in [7, 11) is -3.32. The van der Waals surface area contributed by atoms with Crippen LogP contribution in [0.15, 0.2) is 58.4 Å². The van der Waals surface area contributed by atoms with Crippen LogP contribution in [0.4, 0.5) is 10.8 Å². The van der Waals surface area contributed by atoms with E-state index in [-0.39, 0.29) is 5.91 Å². The molecule has 0 bridgehead atoms. The van der Waals surface area contributed by atoms with E-state index in [4.69, 9.17) is 0 Å². The Balaban J connectivity index is 1.49. The Morgan fingerprint density at radius 3 is 2.62 bits per heavy atom. The average molecular weight is 491 g/mol. The number of H-pyrrole nitrogens is 1. The summed E-state index contributed by atoms with van der Waals surface area (Å²) in [5, 5.41) is 6.04. The van der Waals surface area contributed by atoms with Crippen LogP contribution in [0.2, 0.25) is 0 Å². The molecule has 0 atom stereocenters. The number of sulfonamides is 1. The largest absolute Gasteiger partial charge is 0.351 e. The molecule has 2 aromatic heterocycles. The Morgan fingerprint density at radius 2 is 1.90 bits per heavy atom. The normalized spacial score (nSPS) is 11.5. The summed E-state index contributed by atoms with van der Waals surface area (Å²) < 4.78 is 25.9. The minimum atomic E-state index is -3.32. The summed E-state index contributed by atoms with van der Waals surface area (Å²) in [5.41, 5.74) is 3.31. The van der Waals surface area contributed by atoms with Gasteiger partial charge < -0.3 is 4.98 Å². The van der Waals surface area contributed by atoms with Gasteiger partial charge in [-0.1, -0.05) is 28.1 Å². The van der Waals surface area contributed by atoms with Crippen molar-refractivity contribution in [1.82, 2.24) is 9.97 Å². The SMILES string of the molecule is CS(=O)(=O)Nc1ccc(-c2csc(NC(=O)c3cc4cc(Br)ccc4[nH]3)n2)cc1. The second-order valence-electron chi connectivity index (χ2n) is 6.36. The van der Waals surface area contributed by atoms with Crippen LogP contribution in [-0.4, -0.2) is 30.5 Å². The van der Waals surface area contributed by atoms with Gasteiger partial charge in [0, 0.05) is 32.0 Å². The van der Waals surface area contributed by atoms with E-state index in [1.807, 2.05) is 23.6 Å². The zero-order valence-electron chi connectivity index (χ0n) is 15.1. The topological polar surface area (TPSA) is 104 Å². The van der Waals surface area contributed by atoms with Crippen LogP contribution < -0.4 is 10.0 Å². The number of nitrogens with zero attached hydrogens (tertiary/aromatic N) is 1. The Labute approximate surface area is 179 Å². The molecule has 0 saturated heterocycles. The van der Waals surface area contributed by atoms with Crippen molar-refractivity contribution in [3.05, 3.63) is 64.1 Å². The number of hydrogen-bond donors (Lipinski definition) is 3. The third-order valence-corrected chi connectivity index (χ3v) is 5.89. The molecular formula is C19H15BrN4O3S2. The molecule has 0 unspecified atom stereocenters. The van der Waals surface area contributed by atoms with E-state index in [0.717, 1.165) is 27.2 Å². The zero-order valence-corrected chi connectivity index (χ0v) is 18.3. The molecule has 0 aliphatic heterocycles. The first-order valence-corrected chi connectivity index (χ1v) is 12.0. The number of halogens is 1. The summed E-state index contributed by atoms with van der Waals surface area (Å²) in [4.78, 5) is 20.1. The van der Waals surface area contributed by atoms with Crippen LogP contribution in [0.3, 0.4) is 0 Å². The number of carbonyl (C=O) groups is 1. The van der Waals surface area contributed by atoms with E-state index in [1.165, 1.54) is 11.3 Å². The van der Waals surface area contributed by atoms with Gasteiger partial charge in [-0.15, -0.1) is 11.3 Å². The van der Waals surface area contributed by atoms with Gasteiger partial charge in [-0.05, 0) is 36.4 Å². The van der Waals surface area contributed by atoms with Crippen molar-refractivity contribution in [1.29, 1.82) is 0 Å². The second kappa shape index (κ2) is 7.62. The van der Waals surface area contributed by atoms with Gasteiger partial charge in [-0.3, -0.25) is 14.8 Å². The lowest BCUT2D eigenvalue weighted by molar-refractivity contribution is 0.102. The minimum absolute atomic E-state index is 0.272. The number of thiazole rings is 1. The van der Waals surface area contributed by atoms with Crippen molar-refractivity contribution in [2.45, 2.75) is 0 Å². The third kappa shape index (κ3) is 4.66. The van der Waals surface area contributed by atoms with Crippen LogP contribution in [-0.2, 0) is 10.0 Å². The first-order chi connectivity index (χ1) is 13.8. The lowest BCUT2D eigenvalue weighted by Gasteiger charge is -2.04. The molecule has 10 heteroatoms. The fourth-order valence-electron chi connectivity index (χ4n) is 2.78. The lowest BCUT2D eigenvalue weighted by atomic mass is 10.1. The van der Waals surface area contributed by atoms with Crippen LogP contribution >= 0.6 is 27.3 Å². The van der Waals surface area contributed by atoms with Gasteiger partial charge in [0.25, 0.3) is 5.91 Å². The Morgan fingerprint density at radius 1 is 1.14 bits per heavy atom. The first kappa shape index (κ1) is 19.6. The molecule has 0 aliphatic carbocycles. The highest BCUT2D eigenvalue weighted by molar-refractivity contribution is 9.10. The molecule has 2 heterocycles. The molecule has 4 rings (SSSR count). The monoisotopic (exact) mass is 490 g/mol. The van der Waals surface area contributed by atoms with Gasteiger partial charge in [0.1, 0.15) is 5.69 Å². The molecule has 0 aliphatic rings. The molecular weight excluding hydrogens is 476 g/mol. The van der Waals surface area contributed by atoms with Crippen LogP contribution in [0.1, 0.15) is 10.5 Å². The van der Waals surface area contributed by atoms with Crippen molar-refractivity contribution in [3.8, 4) is 11.3 Å². The molecule has 0 saturated carbocycles. The van der Waals surface area contributed by atoms with Gasteiger partial charge in [0.2, 0.25) is 10.0 Å². The van der Waals surface area contributed by atoms with Gasteiger partial charge in [0.15, 0.2) is 5.13 Å². The number of aromatic amines is 1. The van der Waals surface area contributed by atoms with Gasteiger partial charge in [-0.2, -0.15) is 0 Å². The molecule has 148 valence electrons. The average Bonchev–Trinajstić information content (AvgIpc) is 3.27. The second-order valence-corrected chi connectivity index (χ2v) is 9.88. The number of aromatic nitrogens is 2. The molecule has 2 aromatic carbocycles. The summed E-state index contributed by atoms with van der Waals surface area (Å²) in [6.45, 7) is 0. The van der Waals surface area contributed by atoms with E-state index in [1.54, 1.807) is 30.3 Å². The first-order valence-electron chi connectivity index (χ1n) is 8.40. The van der Waals surface area contributed by atoms with Gasteiger partial charge >= 0.3 is 0 Å². The predicted molar refractivity (Wildman–Crippen MR) is 120 cm³/mol. The van der Waals surface area contributed by atoms with E-state index in [2.05, 4.69) is 35.9 Å². The number of hydrogen-bond acceptors (Lipinski definition) is 5. The number of rotatable bonds is 5. The fraction of sp³-hybridized carbons (Fsp3) is 0.0526. The van der Waals surface area contributed by atoms with E-state index in [9.17, 15) is 13.2 Å². The third-order valence-electron chi connectivity index (χ3n) is 4.04. The van der Waals surface area contributed by atoms with Crippen LogP contribution in [0.5, 0.6) is 0 Å². The number of anilines is 2. The van der Waals surface area contributed by atoms with Crippen LogP contribution in [0, 0.1) is 0 Å². The van der Waals surface area contributed by atoms with Gasteiger partial charge in [-0.25, -0.2) is 13.4 Å². The number of nitrogens with one attached hydrogen (secondary N) is 3. The predicted octanol–water partition coefficient (Wildman–Crippen LogP) is 4.68. The highest BCUT2D eigenvalue weighted by Crippen LogP contribution is 2.27. The molecule has 3 N–H and O–H groups in total. The van der Waals surface area contributed by atoms with E-state index >= 15 is 0 Å². The molecule has 7 nitrogen and oxygen atoms in total. The maximum absolute atomic E-state index is 12.5. The molecule has 29 heavy (non-hydrogen) atoms. The van der Waals surface area contributed by atoms with Crippen LogP contribution in [0.25, 0.3) is 22.2 Å². The zero-order chi connectivity index (χ0) is 20.6.